The minimum atomic E-state index is 0.915. The number of rotatable bonds is 2. The van der Waals surface area contributed by atoms with Gasteiger partial charge in [-0.25, -0.2) is 0 Å². The Labute approximate surface area is 91.4 Å². The molecule has 1 aliphatic heterocycles. The third kappa shape index (κ3) is 1.98. The fourth-order valence-electron chi connectivity index (χ4n) is 2.37. The number of hydrogen-bond acceptors (Lipinski definition) is 1. The molecule has 0 aromatic heterocycles. The predicted molar refractivity (Wildman–Crippen MR) is 63.6 cm³/mol. The Bertz CT molecular complexity index is 362. The minimum Gasteiger partial charge on any atom is -0.296 e. The average Bonchev–Trinajstić information content (AvgIpc) is 3.15. The van der Waals surface area contributed by atoms with E-state index >= 15 is 0 Å². The van der Waals surface area contributed by atoms with Gasteiger partial charge in [0.25, 0.3) is 0 Å². The van der Waals surface area contributed by atoms with Gasteiger partial charge in [0.1, 0.15) is 0 Å². The lowest BCUT2D eigenvalue weighted by atomic mass is 10.00. The molecular weight excluding hydrogens is 183 g/mol. The molecule has 0 radical (unpaired) electrons. The zero-order valence-corrected chi connectivity index (χ0v) is 9.02. The molecule has 78 valence electrons. The van der Waals surface area contributed by atoms with Crippen molar-refractivity contribution in [2.24, 2.45) is 0 Å². The molecule has 1 saturated carbocycles. The van der Waals surface area contributed by atoms with Gasteiger partial charge in [0.2, 0.25) is 0 Å². The van der Waals surface area contributed by atoms with E-state index in [1.807, 2.05) is 0 Å². The summed E-state index contributed by atoms with van der Waals surface area (Å²) in [6.07, 6.45) is 6.49. The molecule has 1 aliphatic carbocycles. The Kier molecular flexibility index (Phi) is 2.34. The summed E-state index contributed by atoms with van der Waals surface area (Å²) in [6, 6.07) is 11.7. The lowest BCUT2D eigenvalue weighted by Gasteiger charge is -2.26. The molecule has 0 N–H and O–H groups in total. The third-order valence-corrected chi connectivity index (χ3v) is 3.45. The molecule has 1 heterocycles. The van der Waals surface area contributed by atoms with Crippen LogP contribution in [0.1, 0.15) is 24.8 Å². The van der Waals surface area contributed by atoms with E-state index in [2.05, 4.69) is 41.3 Å². The molecule has 1 fully saturated rings. The lowest BCUT2D eigenvalue weighted by Crippen LogP contribution is -2.30. The van der Waals surface area contributed by atoms with Crippen LogP contribution in [-0.4, -0.2) is 24.0 Å². The van der Waals surface area contributed by atoms with Gasteiger partial charge in [-0.15, -0.1) is 0 Å². The zero-order chi connectivity index (χ0) is 10.1. The molecule has 0 saturated heterocycles. The van der Waals surface area contributed by atoms with Crippen molar-refractivity contribution in [1.82, 2.24) is 4.90 Å². The first-order valence-electron chi connectivity index (χ1n) is 5.92. The van der Waals surface area contributed by atoms with Gasteiger partial charge < -0.3 is 0 Å². The van der Waals surface area contributed by atoms with Crippen molar-refractivity contribution in [3.05, 3.63) is 42.0 Å². The highest BCUT2D eigenvalue weighted by Gasteiger charge is 2.29. The quantitative estimate of drug-likeness (QED) is 0.663. The highest BCUT2D eigenvalue weighted by Crippen LogP contribution is 2.31. The Morgan fingerprint density at radius 1 is 1.07 bits per heavy atom. The van der Waals surface area contributed by atoms with Crippen LogP contribution >= 0.6 is 0 Å². The van der Waals surface area contributed by atoms with Crippen molar-refractivity contribution in [2.75, 3.05) is 13.1 Å². The van der Waals surface area contributed by atoms with Crippen molar-refractivity contribution < 1.29 is 0 Å². The molecular formula is C14H17N. The van der Waals surface area contributed by atoms with Gasteiger partial charge in [-0.05, 0) is 30.4 Å². The van der Waals surface area contributed by atoms with Gasteiger partial charge in [0.15, 0.2) is 0 Å². The molecule has 1 aromatic carbocycles. The van der Waals surface area contributed by atoms with E-state index in [0.29, 0.717) is 0 Å². The van der Waals surface area contributed by atoms with Crippen LogP contribution < -0.4 is 0 Å². The fourth-order valence-corrected chi connectivity index (χ4v) is 2.37. The maximum atomic E-state index is 2.62. The van der Waals surface area contributed by atoms with Crippen molar-refractivity contribution >= 4 is 5.57 Å². The largest absolute Gasteiger partial charge is 0.296 e. The third-order valence-electron chi connectivity index (χ3n) is 3.45. The zero-order valence-electron chi connectivity index (χ0n) is 9.02. The summed E-state index contributed by atoms with van der Waals surface area (Å²) in [6.45, 7) is 2.42. The highest BCUT2D eigenvalue weighted by molar-refractivity contribution is 5.66. The standard InChI is InChI=1S/C14H17N/c1-2-4-12(5-3-1)13-8-10-15(11-9-13)14-6-7-14/h1-5,8,14H,6-7,9-11H2/i6+1. The predicted octanol–water partition coefficient (Wildman–Crippen LogP) is 2.94. The van der Waals surface area contributed by atoms with Crippen molar-refractivity contribution in [3.63, 3.8) is 0 Å². The van der Waals surface area contributed by atoms with Crippen molar-refractivity contribution in [1.29, 1.82) is 0 Å². The van der Waals surface area contributed by atoms with E-state index in [1.165, 1.54) is 36.9 Å². The molecule has 2 aliphatic rings. The summed E-state index contributed by atoms with van der Waals surface area (Å²) in [4.78, 5) is 2.62. The average molecular weight is 200 g/mol. The molecule has 15 heavy (non-hydrogen) atoms. The van der Waals surface area contributed by atoms with Gasteiger partial charge in [0.05, 0.1) is 0 Å². The summed E-state index contributed by atoms with van der Waals surface area (Å²) in [5.41, 5.74) is 2.94. The SMILES string of the molecule is C1=C(c2ccccc2)CCN(C2C[13CH2]2)C1. The first-order valence-corrected chi connectivity index (χ1v) is 5.92. The molecule has 3 rings (SSSR count). The second kappa shape index (κ2) is 3.82. The van der Waals surface area contributed by atoms with Gasteiger partial charge in [-0.1, -0.05) is 36.4 Å². The van der Waals surface area contributed by atoms with Crippen LogP contribution in [0.25, 0.3) is 5.57 Å². The van der Waals surface area contributed by atoms with E-state index in [-0.39, 0.29) is 0 Å². The Morgan fingerprint density at radius 2 is 1.87 bits per heavy atom. The maximum Gasteiger partial charge on any atom is 0.0172 e. The smallest absolute Gasteiger partial charge is 0.0172 e. The van der Waals surface area contributed by atoms with Gasteiger partial charge >= 0.3 is 0 Å². The Morgan fingerprint density at radius 3 is 2.47 bits per heavy atom. The van der Waals surface area contributed by atoms with Crippen molar-refractivity contribution in [2.45, 2.75) is 25.3 Å². The highest BCUT2D eigenvalue weighted by atomic mass is 15.2. The first-order chi connectivity index (χ1) is 7.43. The summed E-state index contributed by atoms with van der Waals surface area (Å²) >= 11 is 0. The first kappa shape index (κ1) is 9.17. The molecule has 1 atom stereocenters. The van der Waals surface area contributed by atoms with Crippen molar-refractivity contribution in [3.8, 4) is 0 Å². The number of benzene rings is 1. The van der Waals surface area contributed by atoms with E-state index in [9.17, 15) is 0 Å². The summed E-state index contributed by atoms with van der Waals surface area (Å²) in [7, 11) is 0. The molecule has 0 bridgehead atoms. The van der Waals surface area contributed by atoms with Crippen LogP contribution in [-0.2, 0) is 0 Å². The molecule has 1 unspecified atom stereocenters. The molecule has 1 aromatic rings. The molecule has 0 amide bonds. The summed E-state index contributed by atoms with van der Waals surface area (Å²) in [5, 5.41) is 0. The lowest BCUT2D eigenvalue weighted by molar-refractivity contribution is 0.291. The van der Waals surface area contributed by atoms with E-state index in [4.69, 9.17) is 0 Å². The topological polar surface area (TPSA) is 3.24 Å². The van der Waals surface area contributed by atoms with E-state index in [0.717, 1.165) is 12.6 Å². The normalized spacial score (nSPS) is 26.1. The Hall–Kier alpha value is -1.08. The van der Waals surface area contributed by atoms with Gasteiger partial charge in [-0.2, -0.15) is 0 Å². The van der Waals surface area contributed by atoms with Crippen LogP contribution in [0, 0.1) is 0 Å². The minimum absolute atomic E-state index is 0.915. The number of hydrogen-bond donors (Lipinski definition) is 0. The monoisotopic (exact) mass is 200 g/mol. The number of nitrogens with zero attached hydrogens (tertiary/aromatic N) is 1. The van der Waals surface area contributed by atoms with Crippen LogP contribution in [0.5, 0.6) is 0 Å². The second-order valence-corrected chi connectivity index (χ2v) is 4.57. The Balaban J connectivity index is 1.73. The summed E-state index contributed by atoms with van der Waals surface area (Å²) in [5.74, 6) is 0. The van der Waals surface area contributed by atoms with Crippen LogP contribution in [0.2, 0.25) is 0 Å². The van der Waals surface area contributed by atoms with Crippen LogP contribution in [0.3, 0.4) is 0 Å². The molecule has 0 spiro atoms. The van der Waals surface area contributed by atoms with Gasteiger partial charge in [-0.3, -0.25) is 4.90 Å². The summed E-state index contributed by atoms with van der Waals surface area (Å²) < 4.78 is 0. The van der Waals surface area contributed by atoms with E-state index in [1.54, 1.807) is 0 Å². The van der Waals surface area contributed by atoms with E-state index < -0.39 is 0 Å². The van der Waals surface area contributed by atoms with Crippen LogP contribution in [0.4, 0.5) is 0 Å². The fraction of sp³-hybridized carbons (Fsp3) is 0.429. The maximum absolute atomic E-state index is 2.62. The molecule has 1 heteroatoms. The van der Waals surface area contributed by atoms with Crippen LogP contribution in [0.15, 0.2) is 36.4 Å². The molecule has 1 nitrogen and oxygen atoms in total. The van der Waals surface area contributed by atoms with Gasteiger partial charge in [0, 0.05) is 19.1 Å². The second-order valence-electron chi connectivity index (χ2n) is 4.57.